The number of ether oxygens (including phenoxy) is 1. The predicted molar refractivity (Wildman–Crippen MR) is 108 cm³/mol. The Hall–Kier alpha value is -3.74. The third-order valence-corrected chi connectivity index (χ3v) is 5.65. The van der Waals surface area contributed by atoms with Crippen molar-refractivity contribution in [2.45, 2.75) is 12.8 Å². The number of amides is 2. The number of methoxy groups -OCH3 is 1. The molecular formula is C22H19N3O4. The first-order valence-electron chi connectivity index (χ1n) is 9.29. The number of nitrogens with zero attached hydrogens (tertiary/aromatic N) is 1. The average molecular weight is 389 g/mol. The lowest BCUT2D eigenvalue weighted by atomic mass is 9.84. The highest BCUT2D eigenvalue weighted by atomic mass is 16.5. The lowest BCUT2D eigenvalue weighted by Gasteiger charge is -2.20. The molecule has 0 bridgehead atoms. The Morgan fingerprint density at radius 3 is 2.83 bits per heavy atom. The first-order chi connectivity index (χ1) is 14.0. The lowest BCUT2D eigenvalue weighted by Crippen LogP contribution is -2.33. The molecule has 0 spiro atoms. The molecule has 0 saturated carbocycles. The van der Waals surface area contributed by atoms with E-state index in [2.05, 4.69) is 10.3 Å². The minimum atomic E-state index is -0.441. The molecular weight excluding hydrogens is 370 g/mol. The number of hydrogen-bond donors (Lipinski definition) is 3. The monoisotopic (exact) mass is 389 g/mol. The molecule has 7 heteroatoms. The van der Waals surface area contributed by atoms with Gasteiger partial charge in [0.05, 0.1) is 19.2 Å². The molecule has 2 aromatic carbocycles. The molecule has 3 aromatic rings. The Morgan fingerprint density at radius 2 is 2.10 bits per heavy atom. The summed E-state index contributed by atoms with van der Waals surface area (Å²) in [6.07, 6.45) is 1.89. The van der Waals surface area contributed by atoms with E-state index >= 15 is 0 Å². The molecule has 0 aliphatic carbocycles. The number of aromatic amines is 1. The second kappa shape index (κ2) is 6.13. The van der Waals surface area contributed by atoms with Crippen LogP contribution in [-0.4, -0.2) is 40.5 Å². The van der Waals surface area contributed by atoms with Gasteiger partial charge in [-0.3, -0.25) is 14.5 Å². The van der Waals surface area contributed by atoms with Crippen molar-refractivity contribution in [1.29, 1.82) is 0 Å². The van der Waals surface area contributed by atoms with E-state index in [9.17, 15) is 14.7 Å². The number of imide groups is 1. The number of benzene rings is 2. The maximum absolute atomic E-state index is 13.2. The normalized spacial score (nSPS) is 17.9. The van der Waals surface area contributed by atoms with Crippen LogP contribution >= 0.6 is 0 Å². The summed E-state index contributed by atoms with van der Waals surface area (Å²) in [5, 5.41) is 14.7. The molecule has 0 radical (unpaired) electrons. The Labute approximate surface area is 166 Å². The zero-order valence-electron chi connectivity index (χ0n) is 15.9. The van der Waals surface area contributed by atoms with E-state index < -0.39 is 5.92 Å². The maximum Gasteiger partial charge on any atom is 0.259 e. The summed E-state index contributed by atoms with van der Waals surface area (Å²) in [6, 6.07) is 11.0. The largest absolute Gasteiger partial charge is 0.504 e. The van der Waals surface area contributed by atoms with Crippen molar-refractivity contribution in [3.63, 3.8) is 0 Å². The number of aromatic hydroxyl groups is 1. The van der Waals surface area contributed by atoms with E-state index in [4.69, 9.17) is 4.74 Å². The number of carbonyl (C=O) groups excluding carboxylic acids is 2. The molecule has 0 fully saturated rings. The zero-order valence-corrected chi connectivity index (χ0v) is 15.9. The molecule has 1 aromatic heterocycles. The first-order valence-corrected chi connectivity index (χ1v) is 9.29. The Bertz CT molecular complexity index is 1220. The van der Waals surface area contributed by atoms with Crippen LogP contribution in [0.5, 0.6) is 11.5 Å². The molecule has 2 amide bonds. The van der Waals surface area contributed by atoms with Crippen LogP contribution < -0.4 is 10.1 Å². The van der Waals surface area contributed by atoms with Crippen LogP contribution in [0.1, 0.15) is 24.0 Å². The van der Waals surface area contributed by atoms with Crippen molar-refractivity contribution < 1.29 is 19.4 Å². The van der Waals surface area contributed by atoms with Gasteiger partial charge in [0.15, 0.2) is 11.5 Å². The van der Waals surface area contributed by atoms with Gasteiger partial charge in [0.1, 0.15) is 0 Å². The van der Waals surface area contributed by atoms with Gasteiger partial charge < -0.3 is 20.1 Å². The number of nitrogens with one attached hydrogen (secondary N) is 2. The highest BCUT2D eigenvalue weighted by Gasteiger charge is 2.41. The Morgan fingerprint density at radius 1 is 1.28 bits per heavy atom. The van der Waals surface area contributed by atoms with E-state index in [1.807, 2.05) is 30.5 Å². The molecule has 7 nitrogen and oxygen atoms in total. The topological polar surface area (TPSA) is 94.7 Å². The van der Waals surface area contributed by atoms with Gasteiger partial charge in [-0.2, -0.15) is 0 Å². The van der Waals surface area contributed by atoms with Crippen molar-refractivity contribution in [2.24, 2.45) is 0 Å². The lowest BCUT2D eigenvalue weighted by molar-refractivity contribution is -0.139. The van der Waals surface area contributed by atoms with Gasteiger partial charge in [0, 0.05) is 41.3 Å². The fourth-order valence-electron chi connectivity index (χ4n) is 4.34. The Kier molecular flexibility index (Phi) is 3.67. The van der Waals surface area contributed by atoms with Gasteiger partial charge in [-0.1, -0.05) is 12.1 Å². The molecule has 0 saturated heterocycles. The molecule has 1 atom stereocenters. The summed E-state index contributed by atoms with van der Waals surface area (Å²) < 4.78 is 5.17. The van der Waals surface area contributed by atoms with Crippen LogP contribution in [0.3, 0.4) is 0 Å². The van der Waals surface area contributed by atoms with E-state index in [-0.39, 0.29) is 24.1 Å². The number of carbonyl (C=O) groups is 2. The molecule has 5 rings (SSSR count). The number of anilines is 1. The first kappa shape index (κ1) is 17.4. The van der Waals surface area contributed by atoms with Crippen LogP contribution in [0.4, 0.5) is 5.69 Å². The molecule has 146 valence electrons. The number of aromatic nitrogens is 1. The Balaban J connectivity index is 1.78. The van der Waals surface area contributed by atoms with Gasteiger partial charge in [-0.15, -0.1) is 0 Å². The fourth-order valence-corrected chi connectivity index (χ4v) is 4.34. The summed E-state index contributed by atoms with van der Waals surface area (Å²) in [7, 11) is 1.49. The van der Waals surface area contributed by atoms with Crippen molar-refractivity contribution >= 4 is 28.4 Å². The van der Waals surface area contributed by atoms with E-state index in [0.717, 1.165) is 27.7 Å². The molecule has 2 aliphatic heterocycles. The smallest absolute Gasteiger partial charge is 0.259 e. The van der Waals surface area contributed by atoms with Crippen molar-refractivity contribution in [3.05, 3.63) is 65.0 Å². The quantitative estimate of drug-likeness (QED) is 0.626. The highest BCUT2D eigenvalue weighted by Crippen LogP contribution is 2.46. The maximum atomic E-state index is 13.2. The average Bonchev–Trinajstić information content (AvgIpc) is 3.22. The number of phenols is 1. The summed E-state index contributed by atoms with van der Waals surface area (Å²) in [6.45, 7) is 1.59. The van der Waals surface area contributed by atoms with E-state index in [1.54, 1.807) is 12.1 Å². The van der Waals surface area contributed by atoms with E-state index in [0.29, 0.717) is 17.0 Å². The molecule has 3 N–H and O–H groups in total. The number of phenolic OH excluding ortho intramolecular Hbond substituents is 1. The summed E-state index contributed by atoms with van der Waals surface area (Å²) in [5.41, 5.74) is 4.70. The minimum Gasteiger partial charge on any atom is -0.504 e. The van der Waals surface area contributed by atoms with Crippen LogP contribution in [0, 0.1) is 0 Å². The van der Waals surface area contributed by atoms with Gasteiger partial charge in [0.2, 0.25) is 5.91 Å². The molecule has 29 heavy (non-hydrogen) atoms. The summed E-state index contributed by atoms with van der Waals surface area (Å²) >= 11 is 0. The van der Waals surface area contributed by atoms with Gasteiger partial charge in [-0.25, -0.2) is 0 Å². The van der Waals surface area contributed by atoms with E-state index in [1.165, 1.54) is 18.9 Å². The highest BCUT2D eigenvalue weighted by molar-refractivity contribution is 6.11. The number of rotatable bonds is 2. The summed E-state index contributed by atoms with van der Waals surface area (Å²) in [5.74, 6) is -0.699. The predicted octanol–water partition coefficient (Wildman–Crippen LogP) is 3.08. The van der Waals surface area contributed by atoms with Crippen molar-refractivity contribution in [3.8, 4) is 11.5 Å². The van der Waals surface area contributed by atoms with Crippen LogP contribution in [0.15, 0.2) is 53.9 Å². The third-order valence-electron chi connectivity index (χ3n) is 5.65. The number of H-pyrrole nitrogens is 1. The van der Waals surface area contributed by atoms with Gasteiger partial charge >= 0.3 is 0 Å². The van der Waals surface area contributed by atoms with Crippen LogP contribution in [0.2, 0.25) is 0 Å². The fraction of sp³-hybridized carbons (Fsp3) is 0.182. The second-order valence-corrected chi connectivity index (χ2v) is 7.26. The van der Waals surface area contributed by atoms with Gasteiger partial charge in [-0.05, 0) is 35.4 Å². The minimum absolute atomic E-state index is 0.00158. The van der Waals surface area contributed by atoms with Crippen molar-refractivity contribution in [1.82, 2.24) is 9.88 Å². The molecule has 2 aliphatic rings. The SMILES string of the molecule is COc1ccc(C2C3=C(CN(C(C)=O)C3=O)Nc3cccc4[nH]cc2c34)cc1O. The third kappa shape index (κ3) is 2.44. The van der Waals surface area contributed by atoms with Gasteiger partial charge in [0.25, 0.3) is 5.91 Å². The molecule has 1 unspecified atom stereocenters. The van der Waals surface area contributed by atoms with Crippen LogP contribution in [0.25, 0.3) is 10.9 Å². The summed E-state index contributed by atoms with van der Waals surface area (Å²) in [4.78, 5) is 29.8. The molecule has 3 heterocycles. The second-order valence-electron chi connectivity index (χ2n) is 7.26. The standard InChI is InChI=1S/C22H19N3O4/c1-11(26)25-10-16-21(22(25)28)19(12-6-7-18(29-2)17(27)8-12)13-9-23-14-4-3-5-15(24-16)20(13)14/h3-9,19,23-24,27H,10H2,1-2H3. The zero-order chi connectivity index (χ0) is 20.3. The number of hydrogen-bond acceptors (Lipinski definition) is 5. The van der Waals surface area contributed by atoms with Crippen molar-refractivity contribution in [2.75, 3.05) is 19.0 Å². The van der Waals surface area contributed by atoms with Crippen LogP contribution in [-0.2, 0) is 9.59 Å².